The van der Waals surface area contributed by atoms with Crippen LogP contribution < -0.4 is 5.73 Å². The van der Waals surface area contributed by atoms with Gasteiger partial charge in [-0.25, -0.2) is 4.98 Å². The fourth-order valence-electron chi connectivity index (χ4n) is 2.52. The van der Waals surface area contributed by atoms with Gasteiger partial charge in [0, 0.05) is 25.0 Å². The molecule has 5 heteroatoms. The summed E-state index contributed by atoms with van der Waals surface area (Å²) in [6.07, 6.45) is 0. The van der Waals surface area contributed by atoms with Crippen molar-refractivity contribution in [1.29, 1.82) is 0 Å². The Morgan fingerprint density at radius 2 is 2.00 bits per heavy atom. The lowest BCUT2D eigenvalue weighted by molar-refractivity contribution is 0.0239. The molecule has 2 aromatic rings. The second-order valence-corrected chi connectivity index (χ2v) is 5.73. The van der Waals surface area contributed by atoms with Gasteiger partial charge in [0.15, 0.2) is 0 Å². The molecule has 2 N–H and O–H groups in total. The lowest BCUT2D eigenvalue weighted by atomic mass is 10.1. The predicted octanol–water partition coefficient (Wildman–Crippen LogP) is 2.02. The van der Waals surface area contributed by atoms with Crippen LogP contribution in [0.25, 0.3) is 0 Å². The highest BCUT2D eigenvalue weighted by atomic mass is 32.1. The number of nitrogens with two attached hydrogens (primary N) is 1. The second-order valence-electron chi connectivity index (χ2n) is 4.84. The molecular weight excluding hydrogens is 270 g/mol. The number of rotatable bonds is 4. The van der Waals surface area contributed by atoms with E-state index in [1.165, 1.54) is 5.56 Å². The number of nitrogens with zero attached hydrogens (tertiary/aromatic N) is 2. The average molecular weight is 289 g/mol. The van der Waals surface area contributed by atoms with Crippen molar-refractivity contribution in [3.63, 3.8) is 0 Å². The maximum Gasteiger partial charge on any atom is 0.115 e. The summed E-state index contributed by atoms with van der Waals surface area (Å²) in [5.41, 5.74) is 7.95. The van der Waals surface area contributed by atoms with E-state index in [-0.39, 0.29) is 6.04 Å². The van der Waals surface area contributed by atoms with Gasteiger partial charge in [0.05, 0.1) is 24.9 Å². The smallest absolute Gasteiger partial charge is 0.115 e. The molecule has 1 aliphatic heterocycles. The number of hydrogen-bond donors (Lipinski definition) is 1. The molecule has 0 radical (unpaired) electrons. The molecule has 1 aromatic carbocycles. The zero-order chi connectivity index (χ0) is 13.8. The lowest BCUT2D eigenvalue weighted by Gasteiger charge is -2.33. The minimum absolute atomic E-state index is 0.213. The van der Waals surface area contributed by atoms with Crippen LogP contribution in [0, 0.1) is 0 Å². The van der Waals surface area contributed by atoms with Gasteiger partial charge in [-0.15, -0.1) is 11.3 Å². The third kappa shape index (κ3) is 2.91. The first-order valence-corrected chi connectivity index (χ1v) is 7.77. The third-order valence-electron chi connectivity index (χ3n) is 3.54. The first kappa shape index (κ1) is 13.7. The van der Waals surface area contributed by atoms with Gasteiger partial charge in [0.2, 0.25) is 0 Å². The highest BCUT2D eigenvalue weighted by Crippen LogP contribution is 2.31. The fourth-order valence-corrected chi connectivity index (χ4v) is 3.51. The molecule has 1 aliphatic rings. The average Bonchev–Trinajstić information content (AvgIpc) is 2.98. The number of aromatic nitrogens is 1. The highest BCUT2D eigenvalue weighted by molar-refractivity contribution is 7.09. The highest BCUT2D eigenvalue weighted by Gasteiger charge is 2.26. The van der Waals surface area contributed by atoms with E-state index in [2.05, 4.69) is 34.5 Å². The summed E-state index contributed by atoms with van der Waals surface area (Å²) in [7, 11) is 0. The number of thiazole rings is 1. The van der Waals surface area contributed by atoms with Crippen molar-refractivity contribution >= 4 is 11.3 Å². The summed E-state index contributed by atoms with van der Waals surface area (Å²) in [5.74, 6) is 0. The first-order valence-electron chi connectivity index (χ1n) is 6.89. The normalized spacial score (nSPS) is 18.1. The van der Waals surface area contributed by atoms with Crippen molar-refractivity contribution in [2.45, 2.75) is 12.6 Å². The molecule has 1 fully saturated rings. The fraction of sp³-hybridized carbons (Fsp3) is 0.400. The second kappa shape index (κ2) is 6.45. The van der Waals surface area contributed by atoms with Crippen molar-refractivity contribution in [2.24, 2.45) is 5.73 Å². The Labute approximate surface area is 123 Å². The van der Waals surface area contributed by atoms with Gasteiger partial charge < -0.3 is 10.5 Å². The number of hydrogen-bond acceptors (Lipinski definition) is 5. The lowest BCUT2D eigenvalue weighted by Crippen LogP contribution is -2.39. The summed E-state index contributed by atoms with van der Waals surface area (Å²) in [4.78, 5) is 7.13. The summed E-state index contributed by atoms with van der Waals surface area (Å²) in [5, 5.41) is 3.18. The molecule has 1 atom stereocenters. The zero-order valence-corrected chi connectivity index (χ0v) is 12.2. The largest absolute Gasteiger partial charge is 0.379 e. The molecule has 0 saturated carbocycles. The molecule has 0 spiro atoms. The number of ether oxygens (including phenoxy) is 1. The molecule has 0 bridgehead atoms. The van der Waals surface area contributed by atoms with Gasteiger partial charge in [0.1, 0.15) is 5.01 Å². The molecule has 3 rings (SSSR count). The van der Waals surface area contributed by atoms with Gasteiger partial charge in [-0.3, -0.25) is 4.90 Å². The Balaban J connectivity index is 1.94. The van der Waals surface area contributed by atoms with E-state index in [0.29, 0.717) is 6.54 Å². The molecule has 106 valence electrons. The Bertz CT molecular complexity index is 537. The monoisotopic (exact) mass is 289 g/mol. The van der Waals surface area contributed by atoms with Crippen LogP contribution in [0.2, 0.25) is 0 Å². The van der Waals surface area contributed by atoms with Crippen LogP contribution in [0.15, 0.2) is 35.7 Å². The van der Waals surface area contributed by atoms with E-state index < -0.39 is 0 Å². The molecule has 2 heterocycles. The van der Waals surface area contributed by atoms with Crippen LogP contribution >= 0.6 is 11.3 Å². The first-order chi connectivity index (χ1) is 9.88. The van der Waals surface area contributed by atoms with Gasteiger partial charge >= 0.3 is 0 Å². The van der Waals surface area contributed by atoms with Gasteiger partial charge in [-0.05, 0) is 5.56 Å². The molecule has 20 heavy (non-hydrogen) atoms. The van der Waals surface area contributed by atoms with E-state index in [1.807, 2.05) is 6.07 Å². The van der Waals surface area contributed by atoms with Crippen molar-refractivity contribution in [1.82, 2.24) is 9.88 Å². The van der Waals surface area contributed by atoms with Crippen molar-refractivity contribution in [3.05, 3.63) is 52.0 Å². The van der Waals surface area contributed by atoms with E-state index >= 15 is 0 Å². The topological polar surface area (TPSA) is 51.4 Å². The van der Waals surface area contributed by atoms with Crippen LogP contribution in [-0.2, 0) is 11.3 Å². The SMILES string of the molecule is NCc1csc(C(c2ccccc2)N2CCOCC2)n1. The molecule has 4 nitrogen and oxygen atoms in total. The van der Waals surface area contributed by atoms with Gasteiger partial charge in [-0.2, -0.15) is 0 Å². The Morgan fingerprint density at radius 3 is 2.65 bits per heavy atom. The quantitative estimate of drug-likeness (QED) is 0.935. The number of morpholine rings is 1. The van der Waals surface area contributed by atoms with Crippen LogP contribution in [0.3, 0.4) is 0 Å². The Hall–Kier alpha value is -1.27. The van der Waals surface area contributed by atoms with Crippen molar-refractivity contribution in [2.75, 3.05) is 26.3 Å². The van der Waals surface area contributed by atoms with Gasteiger partial charge in [0.25, 0.3) is 0 Å². The molecule has 0 aliphatic carbocycles. The third-order valence-corrected chi connectivity index (χ3v) is 4.48. The van der Waals surface area contributed by atoms with E-state index in [1.54, 1.807) is 11.3 Å². The molecule has 1 unspecified atom stereocenters. The van der Waals surface area contributed by atoms with E-state index in [0.717, 1.165) is 37.0 Å². The number of benzene rings is 1. The minimum Gasteiger partial charge on any atom is -0.379 e. The summed E-state index contributed by atoms with van der Waals surface area (Å²) >= 11 is 1.70. The van der Waals surface area contributed by atoms with E-state index in [4.69, 9.17) is 15.5 Å². The Kier molecular flexibility index (Phi) is 4.42. The summed E-state index contributed by atoms with van der Waals surface area (Å²) in [6.45, 7) is 3.96. The molecule has 1 saturated heterocycles. The Morgan fingerprint density at radius 1 is 1.25 bits per heavy atom. The van der Waals surface area contributed by atoms with Crippen molar-refractivity contribution < 1.29 is 4.74 Å². The van der Waals surface area contributed by atoms with Crippen LogP contribution in [0.5, 0.6) is 0 Å². The standard InChI is InChI=1S/C15H19N3OS/c16-10-13-11-20-15(17-13)14(12-4-2-1-3-5-12)18-6-8-19-9-7-18/h1-5,11,14H,6-10,16H2. The summed E-state index contributed by atoms with van der Waals surface area (Å²) in [6, 6.07) is 10.8. The van der Waals surface area contributed by atoms with E-state index in [9.17, 15) is 0 Å². The molecular formula is C15H19N3OS. The summed E-state index contributed by atoms with van der Waals surface area (Å²) < 4.78 is 5.47. The van der Waals surface area contributed by atoms with Crippen LogP contribution in [0.4, 0.5) is 0 Å². The molecule has 0 amide bonds. The maximum atomic E-state index is 5.69. The maximum absolute atomic E-state index is 5.69. The zero-order valence-electron chi connectivity index (χ0n) is 11.4. The van der Waals surface area contributed by atoms with Gasteiger partial charge in [-0.1, -0.05) is 30.3 Å². The minimum atomic E-state index is 0.213. The van der Waals surface area contributed by atoms with Crippen LogP contribution in [-0.4, -0.2) is 36.2 Å². The van der Waals surface area contributed by atoms with Crippen molar-refractivity contribution in [3.8, 4) is 0 Å². The molecule has 1 aromatic heterocycles. The van der Waals surface area contributed by atoms with Crippen LogP contribution in [0.1, 0.15) is 22.3 Å². The predicted molar refractivity (Wildman–Crippen MR) is 80.7 cm³/mol.